The smallest absolute Gasteiger partial charge is 0.404 e. The monoisotopic (exact) mass is 480 g/mol. The van der Waals surface area contributed by atoms with E-state index in [1.54, 1.807) is 6.92 Å². The first kappa shape index (κ1) is 22.8. The molecule has 4 rings (SSSR count). The number of rotatable bonds is 7. The summed E-state index contributed by atoms with van der Waals surface area (Å²) in [6.45, 7) is 4.21. The number of amides is 2. The number of hydrogen-bond donors (Lipinski definition) is 4. The summed E-state index contributed by atoms with van der Waals surface area (Å²) in [6, 6.07) is -0.419. The van der Waals surface area contributed by atoms with Gasteiger partial charge in [-0.1, -0.05) is 24.8 Å². The second kappa shape index (κ2) is 8.85. The summed E-state index contributed by atoms with van der Waals surface area (Å²) in [5, 5.41) is 24.9. The van der Waals surface area contributed by atoms with Gasteiger partial charge in [-0.15, -0.1) is 11.3 Å². The molecule has 172 valence electrons. The van der Waals surface area contributed by atoms with Crippen LogP contribution in [0.25, 0.3) is 5.57 Å². The van der Waals surface area contributed by atoms with E-state index in [4.69, 9.17) is 10.5 Å². The van der Waals surface area contributed by atoms with Crippen LogP contribution in [-0.4, -0.2) is 69.4 Å². The molecule has 12 heteroatoms. The molecular weight excluding hydrogens is 456 g/mol. The van der Waals surface area contributed by atoms with Gasteiger partial charge in [-0.2, -0.15) is 0 Å². The molecule has 32 heavy (non-hydrogen) atoms. The van der Waals surface area contributed by atoms with E-state index in [1.807, 2.05) is 18.4 Å². The number of thioether (sulfide) groups is 1. The Morgan fingerprint density at radius 2 is 2.25 bits per heavy atom. The van der Waals surface area contributed by atoms with E-state index < -0.39 is 24.1 Å². The maximum absolute atomic E-state index is 12.5. The van der Waals surface area contributed by atoms with Crippen molar-refractivity contribution in [3.63, 3.8) is 0 Å². The summed E-state index contributed by atoms with van der Waals surface area (Å²) in [5.41, 5.74) is 6.81. The van der Waals surface area contributed by atoms with Crippen LogP contribution in [-0.2, 0) is 14.3 Å². The molecule has 1 aromatic rings. The zero-order valence-electron chi connectivity index (χ0n) is 17.5. The lowest BCUT2D eigenvalue weighted by molar-refractivity contribution is -0.163. The number of aliphatic carboxylic acids is 1. The quantitative estimate of drug-likeness (QED) is 0.422. The molecule has 5 atom stereocenters. The first-order chi connectivity index (χ1) is 15.2. The van der Waals surface area contributed by atoms with Crippen LogP contribution in [0.3, 0.4) is 0 Å². The zero-order chi connectivity index (χ0) is 23.2. The number of nitrogens with zero attached hydrogens (tertiary/aromatic N) is 2. The molecule has 4 heterocycles. The summed E-state index contributed by atoms with van der Waals surface area (Å²) in [4.78, 5) is 41.8. The molecule has 3 aliphatic heterocycles. The number of aromatic nitrogens is 1. The number of carboxylic acids is 1. The van der Waals surface area contributed by atoms with Crippen LogP contribution in [0, 0.1) is 11.8 Å². The number of carbonyl (C=O) groups excluding carboxylic acids is 2. The van der Waals surface area contributed by atoms with Gasteiger partial charge in [0.1, 0.15) is 12.3 Å². The third-order valence-corrected chi connectivity index (χ3v) is 8.19. The number of thiazole rings is 1. The number of ether oxygens (including phenoxy) is 1. The Kier molecular flexibility index (Phi) is 6.30. The summed E-state index contributed by atoms with van der Waals surface area (Å²) in [5.74, 6) is -2.32. The number of carbonyl (C=O) groups is 3. The topological polar surface area (TPSA) is 155 Å². The Morgan fingerprint density at radius 3 is 2.91 bits per heavy atom. The Hall–Kier alpha value is -2.41. The van der Waals surface area contributed by atoms with Crippen LogP contribution in [0.4, 0.5) is 4.79 Å². The van der Waals surface area contributed by atoms with Crippen molar-refractivity contribution in [2.45, 2.75) is 42.8 Å². The summed E-state index contributed by atoms with van der Waals surface area (Å²) < 4.78 is 5.56. The van der Waals surface area contributed by atoms with Crippen LogP contribution in [0.15, 0.2) is 26.4 Å². The average molecular weight is 481 g/mol. The number of β-lactam (4-membered cyclic amide) rings is 1. The zero-order valence-corrected chi connectivity index (χ0v) is 19.1. The van der Waals surface area contributed by atoms with E-state index in [-0.39, 0.29) is 36.2 Å². The fraction of sp³-hybridized carbons (Fsp3) is 0.500. The van der Waals surface area contributed by atoms with Gasteiger partial charge in [-0.05, 0) is 18.9 Å². The lowest BCUT2D eigenvalue weighted by atomic mass is 9.79. The number of fused-ring (bicyclic) bond motifs is 1. The number of hydrogen-bond acceptors (Lipinski definition) is 9. The van der Waals surface area contributed by atoms with Crippen LogP contribution < -0.4 is 11.1 Å². The predicted octanol–water partition coefficient (Wildman–Crippen LogP) is 1.23. The fourth-order valence-electron chi connectivity index (χ4n) is 4.48. The standard InChI is InChI=1S/C20H24N4O6S2/c1-8-14-13(9(2)25)17(26)24(14)15(18(27)28)16(8)32-20-23-12(7-31-20)10-3-4-22-11(5-10)6-30-19(21)29/h3,7-9,11,13-14,22,25H,4-6H2,1-2H3,(H2,21,29)(H,27,28)/t8-,9-,11-,13-,14-/m1/s1. The van der Waals surface area contributed by atoms with Crippen LogP contribution >= 0.6 is 23.1 Å². The van der Waals surface area contributed by atoms with Crippen molar-refractivity contribution < 1.29 is 29.3 Å². The molecule has 5 N–H and O–H groups in total. The number of primary amides is 1. The molecule has 1 saturated heterocycles. The van der Waals surface area contributed by atoms with E-state index in [0.717, 1.165) is 11.3 Å². The highest BCUT2D eigenvalue weighted by atomic mass is 32.2. The lowest BCUT2D eigenvalue weighted by Crippen LogP contribution is -2.63. The van der Waals surface area contributed by atoms with Gasteiger partial charge in [-0.3, -0.25) is 4.79 Å². The first-order valence-corrected chi connectivity index (χ1v) is 11.9. The maximum atomic E-state index is 12.5. The van der Waals surface area contributed by atoms with Crippen molar-refractivity contribution in [1.29, 1.82) is 0 Å². The molecule has 0 aliphatic carbocycles. The van der Waals surface area contributed by atoms with Crippen LogP contribution in [0.5, 0.6) is 0 Å². The molecule has 0 saturated carbocycles. The van der Waals surface area contributed by atoms with Crippen molar-refractivity contribution >= 4 is 46.6 Å². The normalized spacial score (nSPS) is 28.2. The highest BCUT2D eigenvalue weighted by Crippen LogP contribution is 2.52. The second-order valence-corrected chi connectivity index (χ2v) is 10.2. The largest absolute Gasteiger partial charge is 0.477 e. The Balaban J connectivity index is 1.51. The third kappa shape index (κ3) is 4.03. The van der Waals surface area contributed by atoms with Gasteiger partial charge >= 0.3 is 12.1 Å². The van der Waals surface area contributed by atoms with Gasteiger partial charge in [-0.25, -0.2) is 14.6 Å². The van der Waals surface area contributed by atoms with E-state index >= 15 is 0 Å². The highest BCUT2D eigenvalue weighted by Gasteiger charge is 2.60. The van der Waals surface area contributed by atoms with Crippen molar-refractivity contribution in [1.82, 2.24) is 15.2 Å². The van der Waals surface area contributed by atoms with Crippen molar-refractivity contribution in [3.8, 4) is 0 Å². The number of aliphatic hydroxyl groups is 1. The summed E-state index contributed by atoms with van der Waals surface area (Å²) in [7, 11) is 0. The number of nitrogens with one attached hydrogen (secondary N) is 1. The third-order valence-electron chi connectivity index (χ3n) is 5.97. The van der Waals surface area contributed by atoms with Gasteiger partial charge in [0, 0.05) is 28.8 Å². The number of nitrogens with two attached hydrogens (primary N) is 1. The average Bonchev–Trinajstić information content (AvgIpc) is 3.29. The molecule has 2 amide bonds. The first-order valence-electron chi connectivity index (χ1n) is 10.2. The number of carboxylic acid groups (broad SMARTS) is 1. The molecule has 0 spiro atoms. The predicted molar refractivity (Wildman–Crippen MR) is 118 cm³/mol. The minimum absolute atomic E-state index is 0.0177. The summed E-state index contributed by atoms with van der Waals surface area (Å²) in [6.07, 6.45) is 0.975. The van der Waals surface area contributed by atoms with Crippen LogP contribution in [0.2, 0.25) is 0 Å². The van der Waals surface area contributed by atoms with E-state index in [9.17, 15) is 24.6 Å². The minimum atomic E-state index is -1.16. The highest BCUT2D eigenvalue weighted by molar-refractivity contribution is 8.04. The van der Waals surface area contributed by atoms with Gasteiger partial charge in [0.2, 0.25) is 5.91 Å². The SMILES string of the molecule is C[C@@H](O)[C@H]1C(=O)N2C(C(=O)O)=C(Sc3nc(C4=CCN[C@@H](COC(N)=O)C4)cs3)[C@H](C)[C@H]12. The Morgan fingerprint density at radius 1 is 1.50 bits per heavy atom. The molecule has 3 aliphatic rings. The van der Waals surface area contributed by atoms with E-state index in [0.29, 0.717) is 22.2 Å². The molecule has 0 unspecified atom stereocenters. The molecule has 1 fully saturated rings. The van der Waals surface area contributed by atoms with Gasteiger partial charge in [0.15, 0.2) is 4.34 Å². The second-order valence-electron chi connectivity index (χ2n) is 8.04. The maximum Gasteiger partial charge on any atom is 0.404 e. The molecule has 10 nitrogen and oxygen atoms in total. The van der Waals surface area contributed by atoms with Gasteiger partial charge < -0.3 is 30.9 Å². The lowest BCUT2D eigenvalue weighted by Gasteiger charge is -2.46. The number of aliphatic hydroxyl groups excluding tert-OH is 1. The minimum Gasteiger partial charge on any atom is -0.477 e. The Labute approximate surface area is 192 Å². The Bertz CT molecular complexity index is 1020. The van der Waals surface area contributed by atoms with E-state index in [2.05, 4.69) is 10.3 Å². The fourth-order valence-corrected chi connectivity index (χ4v) is 6.60. The molecule has 0 bridgehead atoms. The molecule has 0 radical (unpaired) electrons. The molecule has 1 aromatic heterocycles. The van der Waals surface area contributed by atoms with E-state index in [1.165, 1.54) is 28.0 Å². The van der Waals surface area contributed by atoms with Crippen molar-refractivity contribution in [3.05, 3.63) is 27.8 Å². The van der Waals surface area contributed by atoms with Gasteiger partial charge in [0.25, 0.3) is 0 Å². The van der Waals surface area contributed by atoms with Gasteiger partial charge in [0.05, 0.1) is 23.8 Å². The van der Waals surface area contributed by atoms with Crippen molar-refractivity contribution in [2.75, 3.05) is 13.2 Å². The van der Waals surface area contributed by atoms with Crippen LogP contribution in [0.1, 0.15) is 26.0 Å². The summed E-state index contributed by atoms with van der Waals surface area (Å²) >= 11 is 2.66. The van der Waals surface area contributed by atoms with Crippen molar-refractivity contribution in [2.24, 2.45) is 17.6 Å². The molecular formula is C20H24N4O6S2. The molecule has 0 aromatic carbocycles.